The number of carbonyl (C=O) groups is 1. The molecule has 0 aliphatic carbocycles. The quantitative estimate of drug-likeness (QED) is 0.893. The van der Waals surface area contributed by atoms with Crippen LogP contribution in [0.25, 0.3) is 0 Å². The molecule has 1 amide bonds. The summed E-state index contributed by atoms with van der Waals surface area (Å²) in [5, 5.41) is 20.6. The zero-order chi connectivity index (χ0) is 15.6. The number of benzene rings is 1. The van der Waals surface area contributed by atoms with Crippen LogP contribution in [-0.2, 0) is 4.79 Å². The summed E-state index contributed by atoms with van der Waals surface area (Å²) >= 11 is 0. The van der Waals surface area contributed by atoms with Gasteiger partial charge in [0.1, 0.15) is 0 Å². The van der Waals surface area contributed by atoms with Crippen molar-refractivity contribution in [3.63, 3.8) is 0 Å². The van der Waals surface area contributed by atoms with Crippen LogP contribution in [-0.4, -0.2) is 39.2 Å². The van der Waals surface area contributed by atoms with E-state index in [1.54, 1.807) is 25.7 Å². The van der Waals surface area contributed by atoms with Crippen LogP contribution in [0.3, 0.4) is 0 Å². The monoisotopic (exact) mass is 291 g/mol. The van der Waals surface area contributed by atoms with E-state index < -0.39 is 17.6 Å². The van der Waals surface area contributed by atoms with Gasteiger partial charge >= 0.3 is 0 Å². The number of aliphatic hydroxyl groups is 2. The van der Waals surface area contributed by atoms with E-state index in [-0.39, 0.29) is 11.9 Å². The molecule has 1 fully saturated rings. The van der Waals surface area contributed by atoms with Crippen LogP contribution in [0.5, 0.6) is 0 Å². The predicted octanol–water partition coefficient (Wildman–Crippen LogP) is 2.12. The van der Waals surface area contributed by atoms with E-state index in [1.807, 2.05) is 30.3 Å². The van der Waals surface area contributed by atoms with E-state index in [1.165, 1.54) is 0 Å². The Kier molecular flexibility index (Phi) is 4.69. The maximum atomic E-state index is 12.7. The van der Waals surface area contributed by atoms with Crippen molar-refractivity contribution in [2.75, 3.05) is 6.54 Å². The molecule has 3 atom stereocenters. The minimum Gasteiger partial charge on any atom is -0.388 e. The van der Waals surface area contributed by atoms with Crippen LogP contribution in [0.2, 0.25) is 0 Å². The molecule has 0 spiro atoms. The molecule has 0 radical (unpaired) electrons. The van der Waals surface area contributed by atoms with Crippen LogP contribution >= 0.6 is 0 Å². The van der Waals surface area contributed by atoms with Crippen molar-refractivity contribution < 1.29 is 15.0 Å². The molecule has 1 aromatic carbocycles. The molecule has 116 valence electrons. The first kappa shape index (κ1) is 16.0. The summed E-state index contributed by atoms with van der Waals surface area (Å²) in [7, 11) is 0. The first-order chi connectivity index (χ1) is 9.82. The normalized spacial score (nSPS) is 22.1. The second kappa shape index (κ2) is 6.16. The topological polar surface area (TPSA) is 60.8 Å². The molecule has 0 bridgehead atoms. The SMILES string of the molecule is C[C@H](C(=O)N1CCC[C@H]1C(C)(C)O)[C@H](O)c1ccccc1. The lowest BCUT2D eigenvalue weighted by molar-refractivity contribution is -0.144. The number of carbonyl (C=O) groups excluding carboxylic acids is 1. The van der Waals surface area contributed by atoms with E-state index in [0.717, 1.165) is 18.4 Å². The molecule has 21 heavy (non-hydrogen) atoms. The van der Waals surface area contributed by atoms with E-state index in [9.17, 15) is 15.0 Å². The van der Waals surface area contributed by atoms with Gasteiger partial charge in [-0.3, -0.25) is 4.79 Å². The Hall–Kier alpha value is -1.39. The maximum absolute atomic E-state index is 12.7. The minimum absolute atomic E-state index is 0.0871. The largest absolute Gasteiger partial charge is 0.388 e. The molecule has 4 nitrogen and oxygen atoms in total. The fourth-order valence-corrected chi connectivity index (χ4v) is 3.10. The van der Waals surface area contributed by atoms with Crippen LogP contribution in [0.1, 0.15) is 45.3 Å². The third-order valence-corrected chi connectivity index (χ3v) is 4.36. The van der Waals surface area contributed by atoms with Gasteiger partial charge in [0.2, 0.25) is 5.91 Å². The number of hydrogen-bond donors (Lipinski definition) is 2. The highest BCUT2D eigenvalue weighted by Gasteiger charge is 2.40. The van der Waals surface area contributed by atoms with Gasteiger partial charge in [0.25, 0.3) is 0 Å². The smallest absolute Gasteiger partial charge is 0.228 e. The maximum Gasteiger partial charge on any atom is 0.228 e. The molecule has 0 saturated carbocycles. The van der Waals surface area contributed by atoms with Gasteiger partial charge in [0, 0.05) is 6.54 Å². The van der Waals surface area contributed by atoms with Gasteiger partial charge in [0.05, 0.1) is 23.7 Å². The zero-order valence-electron chi connectivity index (χ0n) is 13.0. The van der Waals surface area contributed by atoms with E-state index >= 15 is 0 Å². The molecule has 0 aromatic heterocycles. The van der Waals surface area contributed by atoms with Gasteiger partial charge in [0.15, 0.2) is 0 Å². The summed E-state index contributed by atoms with van der Waals surface area (Å²) in [6, 6.07) is 9.07. The van der Waals surface area contributed by atoms with Gasteiger partial charge in [-0.1, -0.05) is 37.3 Å². The van der Waals surface area contributed by atoms with Gasteiger partial charge in [-0.15, -0.1) is 0 Å². The van der Waals surface area contributed by atoms with Gasteiger partial charge in [-0.25, -0.2) is 0 Å². The van der Waals surface area contributed by atoms with Crippen molar-refractivity contribution in [1.29, 1.82) is 0 Å². The summed E-state index contributed by atoms with van der Waals surface area (Å²) in [5.74, 6) is -0.605. The standard InChI is InChI=1S/C17H25NO3/c1-12(15(19)13-8-5-4-6-9-13)16(20)18-11-7-10-14(18)17(2,3)21/h4-6,8-9,12,14-15,19,21H,7,10-11H2,1-3H3/t12-,14-,15-/m0/s1. The molecule has 4 heteroatoms. The van der Waals surface area contributed by atoms with Crippen LogP contribution in [0.4, 0.5) is 0 Å². The average Bonchev–Trinajstić information content (AvgIpc) is 2.95. The van der Waals surface area contributed by atoms with Crippen molar-refractivity contribution in [2.24, 2.45) is 5.92 Å². The van der Waals surface area contributed by atoms with Crippen molar-refractivity contribution in [1.82, 2.24) is 4.90 Å². The molecule has 1 heterocycles. The predicted molar refractivity (Wildman–Crippen MR) is 81.6 cm³/mol. The summed E-state index contributed by atoms with van der Waals surface area (Å²) in [6.07, 6.45) is 0.888. The van der Waals surface area contributed by atoms with Crippen LogP contribution in [0.15, 0.2) is 30.3 Å². The Morgan fingerprint density at radius 1 is 1.33 bits per heavy atom. The fourth-order valence-electron chi connectivity index (χ4n) is 3.10. The molecular weight excluding hydrogens is 266 g/mol. The lowest BCUT2D eigenvalue weighted by Crippen LogP contribution is -2.50. The molecule has 0 unspecified atom stereocenters. The highest BCUT2D eigenvalue weighted by atomic mass is 16.3. The molecule has 1 aromatic rings. The lowest BCUT2D eigenvalue weighted by atomic mass is 9.93. The van der Waals surface area contributed by atoms with Crippen molar-refractivity contribution >= 4 is 5.91 Å². The number of nitrogens with zero attached hydrogens (tertiary/aromatic N) is 1. The van der Waals surface area contributed by atoms with Crippen molar-refractivity contribution in [3.05, 3.63) is 35.9 Å². The first-order valence-electron chi connectivity index (χ1n) is 7.58. The third kappa shape index (κ3) is 3.44. The van der Waals surface area contributed by atoms with Gasteiger partial charge in [-0.05, 0) is 32.3 Å². The molecule has 1 aliphatic rings. The second-order valence-electron chi connectivity index (χ2n) is 6.49. The zero-order valence-corrected chi connectivity index (χ0v) is 13.0. The number of hydrogen-bond acceptors (Lipinski definition) is 3. The molecule has 1 aliphatic heterocycles. The number of amides is 1. The summed E-state index contributed by atoms with van der Waals surface area (Å²) in [4.78, 5) is 14.4. The second-order valence-corrected chi connectivity index (χ2v) is 6.49. The Balaban J connectivity index is 2.12. The highest BCUT2D eigenvalue weighted by Crippen LogP contribution is 2.31. The first-order valence-corrected chi connectivity index (χ1v) is 7.58. The fraction of sp³-hybridized carbons (Fsp3) is 0.588. The van der Waals surface area contributed by atoms with E-state index in [2.05, 4.69) is 0 Å². The van der Waals surface area contributed by atoms with Gasteiger partial charge in [-0.2, -0.15) is 0 Å². The Morgan fingerprint density at radius 3 is 2.52 bits per heavy atom. The van der Waals surface area contributed by atoms with Gasteiger partial charge < -0.3 is 15.1 Å². The molecule has 2 N–H and O–H groups in total. The Bertz CT molecular complexity index is 481. The number of aliphatic hydroxyl groups excluding tert-OH is 1. The minimum atomic E-state index is -0.913. The van der Waals surface area contributed by atoms with Crippen molar-refractivity contribution in [2.45, 2.75) is 51.4 Å². The summed E-state index contributed by atoms with van der Waals surface area (Å²) < 4.78 is 0. The highest BCUT2D eigenvalue weighted by molar-refractivity contribution is 5.80. The van der Waals surface area contributed by atoms with Crippen LogP contribution < -0.4 is 0 Å². The number of rotatable bonds is 4. The summed E-state index contributed by atoms with van der Waals surface area (Å²) in [5.41, 5.74) is -0.166. The van der Waals surface area contributed by atoms with E-state index in [0.29, 0.717) is 6.54 Å². The third-order valence-electron chi connectivity index (χ3n) is 4.36. The number of likely N-dealkylation sites (tertiary alicyclic amines) is 1. The van der Waals surface area contributed by atoms with Crippen molar-refractivity contribution in [3.8, 4) is 0 Å². The Labute approximate surface area is 126 Å². The van der Waals surface area contributed by atoms with E-state index in [4.69, 9.17) is 0 Å². The van der Waals surface area contributed by atoms with Crippen LogP contribution in [0, 0.1) is 5.92 Å². The lowest BCUT2D eigenvalue weighted by Gasteiger charge is -2.36. The average molecular weight is 291 g/mol. The molecule has 1 saturated heterocycles. The summed E-state index contributed by atoms with van der Waals surface area (Å²) in [6.45, 7) is 5.88. The Morgan fingerprint density at radius 2 is 1.95 bits per heavy atom. The molecular formula is C17H25NO3. The molecule has 2 rings (SSSR count).